The molecule has 8 atom stereocenters. The van der Waals surface area contributed by atoms with Gasteiger partial charge in [0.05, 0.1) is 12.0 Å². The Bertz CT molecular complexity index is 776. The van der Waals surface area contributed by atoms with E-state index >= 15 is 0 Å². The summed E-state index contributed by atoms with van der Waals surface area (Å²) in [5.74, 6) is -0.224. The van der Waals surface area contributed by atoms with Gasteiger partial charge in [-0.1, -0.05) is 26.0 Å². The van der Waals surface area contributed by atoms with Gasteiger partial charge in [0.15, 0.2) is 0 Å². The van der Waals surface area contributed by atoms with Crippen molar-refractivity contribution in [3.05, 3.63) is 12.2 Å². The third-order valence-corrected chi connectivity index (χ3v) is 11.2. The molecule has 3 saturated carbocycles. The Hall–Kier alpha value is -1.01. The van der Waals surface area contributed by atoms with Crippen LogP contribution in [0, 0.1) is 34.5 Å². The second kappa shape index (κ2) is 4.88. The number of carbonyl (C=O) groups is 2. The summed E-state index contributed by atoms with van der Waals surface area (Å²) >= 11 is 0. The molecular formula is C20H27NO4S. The average molecular weight is 378 g/mol. The Balaban J connectivity index is 1.57. The van der Waals surface area contributed by atoms with Crippen LogP contribution in [0.2, 0.25) is 0 Å². The SMILES string of the molecule is CN1C(=O)[C@@H]2[C@H]3C=C[C@H](C3)[C@]2(S(=O)C[C@]23CC[C@H](C[C@H]2O)C3(C)C)C1=O. The number of hydrogen-bond donors (Lipinski definition) is 1. The van der Waals surface area contributed by atoms with Gasteiger partial charge in [0, 0.05) is 34.9 Å². The largest absolute Gasteiger partial charge is 0.392 e. The molecular weight excluding hydrogens is 350 g/mol. The van der Waals surface area contributed by atoms with Gasteiger partial charge in [0.25, 0.3) is 0 Å². The first kappa shape index (κ1) is 17.1. The summed E-state index contributed by atoms with van der Waals surface area (Å²) in [6, 6.07) is 0. The number of hydrogen-bond acceptors (Lipinski definition) is 4. The van der Waals surface area contributed by atoms with Gasteiger partial charge < -0.3 is 5.11 Å². The van der Waals surface area contributed by atoms with Gasteiger partial charge in [-0.05, 0) is 42.9 Å². The molecule has 1 N–H and O–H groups in total. The zero-order chi connectivity index (χ0) is 18.6. The van der Waals surface area contributed by atoms with Crippen LogP contribution in [0.25, 0.3) is 0 Å². The molecule has 4 fully saturated rings. The van der Waals surface area contributed by atoms with Crippen LogP contribution in [0.3, 0.4) is 0 Å². The van der Waals surface area contributed by atoms with Gasteiger partial charge in [0.1, 0.15) is 4.75 Å². The summed E-state index contributed by atoms with van der Waals surface area (Å²) in [5.41, 5.74) is -0.489. The van der Waals surface area contributed by atoms with Crippen LogP contribution in [0.4, 0.5) is 0 Å². The maximum atomic E-state index is 13.9. The van der Waals surface area contributed by atoms with Crippen LogP contribution < -0.4 is 0 Å². The molecule has 0 aromatic carbocycles. The van der Waals surface area contributed by atoms with Gasteiger partial charge in [-0.3, -0.25) is 18.7 Å². The smallest absolute Gasteiger partial charge is 0.249 e. The standard InChI is InChI=1S/C20H27NO4S/c1-18(2)12-6-7-19(18,14(22)9-12)10-26(25)20-13-5-4-11(8-13)15(20)16(23)21(3)17(20)24/h4-5,11-15,22H,6-10H2,1-3H3/t11-,12+,13+,14+,15-,19+,20+,26?/m0/s1. The summed E-state index contributed by atoms with van der Waals surface area (Å²) in [6.07, 6.45) is 7.01. The molecule has 4 bridgehead atoms. The summed E-state index contributed by atoms with van der Waals surface area (Å²) in [5, 5.41) is 10.8. The van der Waals surface area contributed by atoms with Crippen molar-refractivity contribution in [2.45, 2.75) is 50.4 Å². The molecule has 4 aliphatic carbocycles. The predicted molar refractivity (Wildman–Crippen MR) is 97.3 cm³/mol. The number of imide groups is 1. The second-order valence-electron chi connectivity index (χ2n) is 9.72. The highest BCUT2D eigenvalue weighted by molar-refractivity contribution is 7.87. The molecule has 6 heteroatoms. The number of aliphatic hydroxyl groups excluding tert-OH is 1. The van der Waals surface area contributed by atoms with E-state index < -0.39 is 33.0 Å². The molecule has 5 rings (SSSR count). The first-order valence-electron chi connectivity index (χ1n) is 9.75. The molecule has 26 heavy (non-hydrogen) atoms. The van der Waals surface area contributed by atoms with Crippen LogP contribution in [0.5, 0.6) is 0 Å². The summed E-state index contributed by atoms with van der Waals surface area (Å²) in [6.45, 7) is 4.36. The number of aliphatic hydroxyl groups is 1. The van der Waals surface area contributed by atoms with Crippen LogP contribution in [0.1, 0.15) is 39.5 Å². The van der Waals surface area contributed by atoms with E-state index in [2.05, 4.69) is 13.8 Å². The number of likely N-dealkylation sites (tertiary alicyclic amines) is 1. The molecule has 1 aliphatic heterocycles. The van der Waals surface area contributed by atoms with E-state index in [4.69, 9.17) is 0 Å². The fourth-order valence-electron chi connectivity index (χ4n) is 7.21. The Kier molecular flexibility index (Phi) is 3.21. The minimum Gasteiger partial charge on any atom is -0.392 e. The highest BCUT2D eigenvalue weighted by atomic mass is 32.2. The quantitative estimate of drug-likeness (QED) is 0.597. The molecule has 5 aliphatic rings. The maximum Gasteiger partial charge on any atom is 0.249 e. The topological polar surface area (TPSA) is 74.7 Å². The van der Waals surface area contributed by atoms with E-state index in [1.807, 2.05) is 12.2 Å². The van der Waals surface area contributed by atoms with Crippen molar-refractivity contribution in [3.63, 3.8) is 0 Å². The maximum absolute atomic E-state index is 13.9. The van der Waals surface area contributed by atoms with Crippen LogP contribution >= 0.6 is 0 Å². The van der Waals surface area contributed by atoms with Crippen molar-refractivity contribution in [1.29, 1.82) is 0 Å². The van der Waals surface area contributed by atoms with E-state index in [1.54, 1.807) is 0 Å². The molecule has 142 valence electrons. The Labute approximate surface area is 156 Å². The number of carbonyl (C=O) groups excluding carboxylic acids is 2. The van der Waals surface area contributed by atoms with Crippen LogP contribution in [-0.2, 0) is 20.4 Å². The third-order valence-electron chi connectivity index (χ3n) is 8.95. The lowest BCUT2D eigenvalue weighted by molar-refractivity contribution is -0.138. The normalized spacial score (nSPS) is 51.5. The number of nitrogens with zero attached hydrogens (tertiary/aromatic N) is 1. The second-order valence-corrected chi connectivity index (χ2v) is 11.4. The van der Waals surface area contributed by atoms with E-state index in [1.165, 1.54) is 11.9 Å². The molecule has 0 radical (unpaired) electrons. The van der Waals surface area contributed by atoms with Crippen LogP contribution in [0.15, 0.2) is 12.2 Å². The number of fused-ring (bicyclic) bond motifs is 7. The van der Waals surface area contributed by atoms with Crippen molar-refractivity contribution in [2.24, 2.45) is 34.5 Å². The van der Waals surface area contributed by atoms with Crippen molar-refractivity contribution in [1.82, 2.24) is 4.90 Å². The molecule has 2 amide bonds. The van der Waals surface area contributed by atoms with E-state index in [0.717, 1.165) is 25.7 Å². The summed E-state index contributed by atoms with van der Waals surface area (Å²) < 4.78 is 12.8. The van der Waals surface area contributed by atoms with E-state index in [-0.39, 0.29) is 29.1 Å². The number of amides is 2. The highest BCUT2D eigenvalue weighted by Crippen LogP contribution is 2.67. The van der Waals surface area contributed by atoms with Crippen molar-refractivity contribution >= 4 is 22.6 Å². The average Bonchev–Trinajstić information content (AvgIpc) is 3.33. The summed E-state index contributed by atoms with van der Waals surface area (Å²) in [4.78, 5) is 27.2. The van der Waals surface area contributed by atoms with Gasteiger partial charge in [-0.2, -0.15) is 0 Å². The van der Waals surface area contributed by atoms with Gasteiger partial charge >= 0.3 is 0 Å². The predicted octanol–water partition coefficient (Wildman–Crippen LogP) is 1.48. The first-order chi connectivity index (χ1) is 12.2. The minimum absolute atomic E-state index is 0.0284. The molecule has 1 heterocycles. The minimum atomic E-state index is -1.49. The third kappa shape index (κ3) is 1.58. The van der Waals surface area contributed by atoms with Gasteiger partial charge in [0.2, 0.25) is 11.8 Å². The van der Waals surface area contributed by atoms with Gasteiger partial charge in [-0.25, -0.2) is 0 Å². The van der Waals surface area contributed by atoms with Crippen LogP contribution in [-0.4, -0.2) is 49.7 Å². The van der Waals surface area contributed by atoms with Crippen molar-refractivity contribution in [2.75, 3.05) is 12.8 Å². The van der Waals surface area contributed by atoms with Gasteiger partial charge in [-0.15, -0.1) is 0 Å². The van der Waals surface area contributed by atoms with E-state index in [9.17, 15) is 18.9 Å². The fraction of sp³-hybridized carbons (Fsp3) is 0.800. The molecule has 5 nitrogen and oxygen atoms in total. The van der Waals surface area contributed by atoms with E-state index in [0.29, 0.717) is 11.7 Å². The van der Waals surface area contributed by atoms with Crippen molar-refractivity contribution < 1.29 is 18.9 Å². The molecule has 0 aromatic heterocycles. The highest BCUT2D eigenvalue weighted by Gasteiger charge is 2.74. The zero-order valence-electron chi connectivity index (χ0n) is 15.6. The number of allylic oxidation sites excluding steroid dienone is 2. The molecule has 1 saturated heterocycles. The summed E-state index contributed by atoms with van der Waals surface area (Å²) in [7, 11) is 0.0418. The Morgan fingerprint density at radius 1 is 1.27 bits per heavy atom. The van der Waals surface area contributed by atoms with Crippen molar-refractivity contribution in [3.8, 4) is 0 Å². The Morgan fingerprint density at radius 2 is 2.00 bits per heavy atom. The molecule has 0 aromatic rings. The molecule has 0 spiro atoms. The molecule has 1 unspecified atom stereocenters. The first-order valence-corrected chi connectivity index (χ1v) is 11.1. The lowest BCUT2D eigenvalue weighted by atomic mass is 9.70. The Morgan fingerprint density at radius 3 is 2.62 bits per heavy atom. The fourth-order valence-corrected chi connectivity index (χ4v) is 10.0. The lowest BCUT2D eigenvalue weighted by Gasteiger charge is -2.43. The zero-order valence-corrected chi connectivity index (χ0v) is 16.4. The lowest BCUT2D eigenvalue weighted by Crippen LogP contribution is -2.55. The number of rotatable bonds is 3. The monoisotopic (exact) mass is 377 g/mol.